The Morgan fingerprint density at radius 3 is 2.25 bits per heavy atom. The lowest BCUT2D eigenvalue weighted by molar-refractivity contribution is -0.142. The molecule has 36 heavy (non-hydrogen) atoms. The van der Waals surface area contributed by atoms with Crippen molar-refractivity contribution >= 4 is 27.7 Å². The topological polar surface area (TPSA) is 58.6 Å². The molecule has 6 heteroatoms. The van der Waals surface area contributed by atoms with Gasteiger partial charge in [0.25, 0.3) is 5.91 Å². The van der Waals surface area contributed by atoms with E-state index >= 15 is 0 Å². The first kappa shape index (κ1) is 27.5. The van der Waals surface area contributed by atoms with Crippen molar-refractivity contribution in [1.82, 2.24) is 10.2 Å². The van der Waals surface area contributed by atoms with Crippen molar-refractivity contribution in [3.63, 3.8) is 0 Å². The van der Waals surface area contributed by atoms with Gasteiger partial charge in [0.1, 0.15) is 11.8 Å². The highest BCUT2D eigenvalue weighted by Gasteiger charge is 2.30. The fourth-order valence-electron chi connectivity index (χ4n) is 3.79. The predicted octanol–water partition coefficient (Wildman–Crippen LogP) is 5.86. The number of nitrogens with zero attached hydrogens (tertiary/aromatic N) is 1. The first-order valence-electron chi connectivity index (χ1n) is 12.3. The lowest BCUT2D eigenvalue weighted by Gasteiger charge is -2.31. The minimum Gasteiger partial charge on any atom is -0.484 e. The number of aryl methyl sites for hydroxylation is 2. The maximum Gasteiger partial charge on any atom is 0.261 e. The van der Waals surface area contributed by atoms with E-state index in [4.69, 9.17) is 4.74 Å². The van der Waals surface area contributed by atoms with E-state index in [-0.39, 0.29) is 18.4 Å². The monoisotopic (exact) mass is 550 g/mol. The second kappa shape index (κ2) is 13.3. The molecular weight excluding hydrogens is 516 g/mol. The minimum atomic E-state index is -0.675. The molecule has 3 rings (SSSR count). The molecule has 0 bridgehead atoms. The molecule has 0 aromatic heterocycles. The van der Waals surface area contributed by atoms with Crippen molar-refractivity contribution in [3.05, 3.63) is 99.5 Å². The summed E-state index contributed by atoms with van der Waals surface area (Å²) in [6, 6.07) is 22.7. The van der Waals surface area contributed by atoms with Crippen molar-refractivity contribution in [2.24, 2.45) is 5.92 Å². The number of carbonyl (C=O) groups excluding carboxylic acids is 2. The van der Waals surface area contributed by atoms with E-state index in [1.165, 1.54) is 0 Å². The zero-order chi connectivity index (χ0) is 26.1. The molecule has 1 atom stereocenters. The standard InChI is InChI=1S/C30H35BrN2O3/c1-21(2)18-32-30(35)28(17-24-8-6-5-7-9-24)33(19-25-11-13-26(31)14-12-25)29(34)20-36-27-15-10-22(3)23(4)16-27/h5-16,21,28H,17-20H2,1-4H3,(H,32,35)/t28-/m1/s1. The van der Waals surface area contributed by atoms with Gasteiger partial charge in [-0.3, -0.25) is 9.59 Å². The molecule has 5 nitrogen and oxygen atoms in total. The number of rotatable bonds is 11. The van der Waals surface area contributed by atoms with E-state index < -0.39 is 6.04 Å². The number of halogens is 1. The molecule has 0 fully saturated rings. The SMILES string of the molecule is Cc1ccc(OCC(=O)N(Cc2ccc(Br)cc2)[C@H](Cc2ccccc2)C(=O)NCC(C)C)cc1C. The van der Waals surface area contributed by atoms with Crippen molar-refractivity contribution in [3.8, 4) is 5.75 Å². The molecule has 0 heterocycles. The third kappa shape index (κ3) is 8.23. The molecule has 0 spiro atoms. The predicted molar refractivity (Wildman–Crippen MR) is 148 cm³/mol. The van der Waals surface area contributed by atoms with E-state index in [1.54, 1.807) is 4.90 Å². The number of hydrogen-bond acceptors (Lipinski definition) is 3. The van der Waals surface area contributed by atoms with Gasteiger partial charge in [-0.25, -0.2) is 0 Å². The van der Waals surface area contributed by atoms with Crippen LogP contribution < -0.4 is 10.1 Å². The van der Waals surface area contributed by atoms with Crippen LogP contribution in [0, 0.1) is 19.8 Å². The summed E-state index contributed by atoms with van der Waals surface area (Å²) in [7, 11) is 0. The Morgan fingerprint density at radius 2 is 1.61 bits per heavy atom. The molecule has 0 aliphatic rings. The van der Waals surface area contributed by atoms with E-state index in [0.717, 1.165) is 26.7 Å². The van der Waals surface area contributed by atoms with Crippen molar-refractivity contribution < 1.29 is 14.3 Å². The molecule has 190 valence electrons. The minimum absolute atomic E-state index is 0.151. The van der Waals surface area contributed by atoms with Gasteiger partial charge in [-0.05, 0) is 66.3 Å². The highest BCUT2D eigenvalue weighted by atomic mass is 79.9. The number of ether oxygens (including phenoxy) is 1. The normalized spacial score (nSPS) is 11.7. The van der Waals surface area contributed by atoms with Crippen LogP contribution in [0.1, 0.15) is 36.1 Å². The Labute approximate surface area is 223 Å². The molecule has 0 saturated heterocycles. The maximum absolute atomic E-state index is 13.6. The third-order valence-corrected chi connectivity index (χ3v) is 6.59. The number of nitrogens with one attached hydrogen (secondary N) is 1. The van der Waals surface area contributed by atoms with Crippen LogP contribution in [0.5, 0.6) is 5.75 Å². The lowest BCUT2D eigenvalue weighted by atomic mass is 10.0. The Hall–Kier alpha value is -3.12. The van der Waals surface area contributed by atoms with E-state index in [2.05, 4.69) is 35.1 Å². The maximum atomic E-state index is 13.6. The van der Waals surface area contributed by atoms with Gasteiger partial charge in [0.2, 0.25) is 5.91 Å². The molecule has 3 aromatic carbocycles. The summed E-state index contributed by atoms with van der Waals surface area (Å²) in [4.78, 5) is 28.7. The second-order valence-corrected chi connectivity index (χ2v) is 10.4. The summed E-state index contributed by atoms with van der Waals surface area (Å²) in [5, 5.41) is 3.04. The fraction of sp³-hybridized carbons (Fsp3) is 0.333. The number of hydrogen-bond donors (Lipinski definition) is 1. The largest absolute Gasteiger partial charge is 0.484 e. The van der Waals surface area contributed by atoms with Crippen LogP contribution in [0.2, 0.25) is 0 Å². The van der Waals surface area contributed by atoms with Gasteiger partial charge < -0.3 is 15.0 Å². The van der Waals surface area contributed by atoms with Crippen molar-refractivity contribution in [1.29, 1.82) is 0 Å². The molecule has 0 aliphatic heterocycles. The van der Waals surface area contributed by atoms with Crippen LogP contribution >= 0.6 is 15.9 Å². The molecule has 2 amide bonds. The van der Waals surface area contributed by atoms with Gasteiger partial charge in [0.05, 0.1) is 0 Å². The second-order valence-electron chi connectivity index (χ2n) is 9.53. The van der Waals surface area contributed by atoms with Crippen molar-refractivity contribution in [2.45, 2.75) is 46.7 Å². The van der Waals surface area contributed by atoms with E-state index in [9.17, 15) is 9.59 Å². The highest BCUT2D eigenvalue weighted by molar-refractivity contribution is 9.10. The van der Waals surface area contributed by atoms with Gasteiger partial charge in [-0.2, -0.15) is 0 Å². The quantitative estimate of drug-likeness (QED) is 0.325. The summed E-state index contributed by atoms with van der Waals surface area (Å²) >= 11 is 3.47. The van der Waals surface area contributed by atoms with Crippen molar-refractivity contribution in [2.75, 3.05) is 13.2 Å². The number of amides is 2. The number of benzene rings is 3. The first-order chi connectivity index (χ1) is 17.2. The highest BCUT2D eigenvalue weighted by Crippen LogP contribution is 2.19. The zero-order valence-electron chi connectivity index (χ0n) is 21.5. The molecule has 0 saturated carbocycles. The summed E-state index contributed by atoms with van der Waals surface area (Å²) in [6.45, 7) is 8.84. The summed E-state index contributed by atoms with van der Waals surface area (Å²) in [5.41, 5.74) is 4.19. The summed E-state index contributed by atoms with van der Waals surface area (Å²) in [6.07, 6.45) is 0.413. The first-order valence-corrected chi connectivity index (χ1v) is 13.1. The fourth-order valence-corrected chi connectivity index (χ4v) is 4.06. The van der Waals surface area contributed by atoms with Crippen LogP contribution in [-0.2, 0) is 22.6 Å². The van der Waals surface area contributed by atoms with Gasteiger partial charge in [-0.15, -0.1) is 0 Å². The van der Waals surface area contributed by atoms with Gasteiger partial charge in [0.15, 0.2) is 6.61 Å². The molecule has 1 N–H and O–H groups in total. The average Bonchev–Trinajstić information content (AvgIpc) is 2.87. The zero-order valence-corrected chi connectivity index (χ0v) is 23.0. The van der Waals surface area contributed by atoms with Crippen LogP contribution in [0.25, 0.3) is 0 Å². The average molecular weight is 552 g/mol. The molecule has 0 aliphatic carbocycles. The Bertz CT molecular complexity index is 1150. The van der Waals surface area contributed by atoms with Crippen LogP contribution in [0.3, 0.4) is 0 Å². The molecule has 3 aromatic rings. The lowest BCUT2D eigenvalue weighted by Crippen LogP contribution is -2.52. The Kier molecular flexibility index (Phi) is 10.1. The van der Waals surface area contributed by atoms with E-state index in [0.29, 0.717) is 31.2 Å². The summed E-state index contributed by atoms with van der Waals surface area (Å²) < 4.78 is 6.85. The van der Waals surface area contributed by atoms with Gasteiger partial charge in [-0.1, -0.05) is 78.3 Å². The third-order valence-electron chi connectivity index (χ3n) is 6.06. The van der Waals surface area contributed by atoms with E-state index in [1.807, 2.05) is 86.6 Å². The molecule has 0 radical (unpaired) electrons. The smallest absolute Gasteiger partial charge is 0.261 e. The molecular formula is C30H35BrN2O3. The van der Waals surface area contributed by atoms with Crippen LogP contribution in [0.15, 0.2) is 77.3 Å². The van der Waals surface area contributed by atoms with Gasteiger partial charge in [0, 0.05) is 24.0 Å². The Morgan fingerprint density at radius 1 is 0.917 bits per heavy atom. The van der Waals surface area contributed by atoms with Crippen LogP contribution in [-0.4, -0.2) is 35.9 Å². The van der Waals surface area contributed by atoms with Gasteiger partial charge >= 0.3 is 0 Å². The van der Waals surface area contributed by atoms with Crippen LogP contribution in [0.4, 0.5) is 0 Å². The number of carbonyl (C=O) groups is 2. The molecule has 0 unspecified atom stereocenters. The summed E-state index contributed by atoms with van der Waals surface area (Å²) in [5.74, 6) is 0.537. The Balaban J connectivity index is 1.89.